The Morgan fingerprint density at radius 2 is 1.78 bits per heavy atom. The van der Waals surface area contributed by atoms with Gasteiger partial charge in [-0.3, -0.25) is 19.8 Å². The lowest BCUT2D eigenvalue weighted by atomic mass is 9.99. The molecule has 3 rings (SSSR count). The van der Waals surface area contributed by atoms with Crippen molar-refractivity contribution >= 4 is 36.0 Å². The Kier molecular flexibility index (Phi) is 10.1. The van der Waals surface area contributed by atoms with Gasteiger partial charge in [0.2, 0.25) is 0 Å². The first-order valence-corrected chi connectivity index (χ1v) is 11.4. The number of amidine groups is 1. The molecule has 37 heavy (non-hydrogen) atoms. The van der Waals surface area contributed by atoms with Crippen molar-refractivity contribution in [2.24, 2.45) is 5.73 Å². The molecular weight excluding hydrogens is 513 g/mol. The number of esters is 1. The zero-order chi connectivity index (χ0) is 26.5. The highest BCUT2D eigenvalue weighted by atomic mass is 35.5. The number of hydrogen-bond donors (Lipinski definition) is 3. The van der Waals surface area contributed by atoms with Crippen molar-refractivity contribution in [3.05, 3.63) is 70.3 Å². The van der Waals surface area contributed by atoms with Crippen LogP contribution in [0.4, 0.5) is 13.2 Å². The van der Waals surface area contributed by atoms with Crippen LogP contribution in [0.15, 0.2) is 42.5 Å². The smallest absolute Gasteiger partial charge is 0.417 e. The topological polar surface area (TPSA) is 126 Å². The first-order valence-electron chi connectivity index (χ1n) is 11.4. The Labute approximate surface area is 218 Å². The summed E-state index contributed by atoms with van der Waals surface area (Å²) in [6.07, 6.45) is -3.71. The molecule has 0 spiro atoms. The number of ether oxygens (including phenoxy) is 1. The number of alkyl halides is 3. The number of hydrogen-bond acceptors (Lipinski definition) is 5. The summed E-state index contributed by atoms with van der Waals surface area (Å²) in [5.41, 5.74) is 4.26. The van der Waals surface area contributed by atoms with Crippen LogP contribution in [0, 0.1) is 5.41 Å². The molecule has 8 nitrogen and oxygen atoms in total. The first-order chi connectivity index (χ1) is 17.0. The molecule has 0 aromatic heterocycles. The second kappa shape index (κ2) is 12.6. The van der Waals surface area contributed by atoms with E-state index in [-0.39, 0.29) is 36.8 Å². The average molecular weight is 541 g/mol. The van der Waals surface area contributed by atoms with E-state index in [2.05, 4.69) is 5.32 Å². The van der Waals surface area contributed by atoms with Crippen LogP contribution in [0.25, 0.3) is 0 Å². The van der Waals surface area contributed by atoms with Gasteiger partial charge in [-0.25, -0.2) is 0 Å². The van der Waals surface area contributed by atoms with Crippen molar-refractivity contribution in [3.8, 4) is 0 Å². The van der Waals surface area contributed by atoms with Crippen LogP contribution in [0.3, 0.4) is 0 Å². The van der Waals surface area contributed by atoms with Gasteiger partial charge >= 0.3 is 12.1 Å². The minimum atomic E-state index is -4.86. The highest BCUT2D eigenvalue weighted by Gasteiger charge is 2.37. The predicted molar refractivity (Wildman–Crippen MR) is 133 cm³/mol. The molecule has 200 valence electrons. The summed E-state index contributed by atoms with van der Waals surface area (Å²) in [6.45, 7) is 2.49. The second-order valence-corrected chi connectivity index (χ2v) is 8.33. The van der Waals surface area contributed by atoms with E-state index in [4.69, 9.17) is 15.9 Å². The van der Waals surface area contributed by atoms with Crippen LogP contribution in [-0.2, 0) is 15.7 Å². The number of nitrogens with two attached hydrogens (primary N) is 1. The lowest BCUT2D eigenvalue weighted by Gasteiger charge is -2.21. The van der Waals surface area contributed by atoms with Crippen LogP contribution in [0.2, 0.25) is 0 Å². The Morgan fingerprint density at radius 1 is 1.11 bits per heavy atom. The molecule has 2 aromatic carbocycles. The van der Waals surface area contributed by atoms with Crippen LogP contribution in [0.1, 0.15) is 69.6 Å². The lowest BCUT2D eigenvalue weighted by molar-refractivity contribution is -0.143. The predicted octanol–water partition coefficient (Wildman–Crippen LogP) is 4.07. The van der Waals surface area contributed by atoms with Gasteiger partial charge in [-0.2, -0.15) is 13.2 Å². The molecule has 0 aliphatic carbocycles. The van der Waals surface area contributed by atoms with E-state index in [0.717, 1.165) is 25.0 Å². The molecule has 1 unspecified atom stereocenters. The molecular formula is C25H28ClF3N4O4. The zero-order valence-corrected chi connectivity index (χ0v) is 20.9. The Balaban J connectivity index is 0.00000481. The van der Waals surface area contributed by atoms with E-state index in [1.165, 1.54) is 11.0 Å². The number of likely N-dealkylation sites (tertiary alicyclic amines) is 1. The number of nitrogen functional groups attached to an aromatic ring is 1. The molecule has 1 aliphatic heterocycles. The molecule has 4 N–H and O–H groups in total. The Bertz CT molecular complexity index is 1170. The molecule has 1 atom stereocenters. The minimum Gasteiger partial charge on any atom is -0.466 e. The van der Waals surface area contributed by atoms with Crippen molar-refractivity contribution in [3.63, 3.8) is 0 Å². The molecule has 0 bridgehead atoms. The number of carbonyl (C=O) groups excluding carboxylic acids is 3. The van der Waals surface area contributed by atoms with Gasteiger partial charge in [-0.1, -0.05) is 18.2 Å². The molecule has 1 saturated heterocycles. The third kappa shape index (κ3) is 7.45. The molecule has 1 aliphatic rings. The van der Waals surface area contributed by atoms with Gasteiger partial charge in [-0.15, -0.1) is 12.4 Å². The maximum Gasteiger partial charge on any atom is 0.417 e. The number of benzene rings is 2. The maximum absolute atomic E-state index is 13.8. The van der Waals surface area contributed by atoms with Crippen LogP contribution in [0.5, 0.6) is 0 Å². The number of amides is 2. The van der Waals surface area contributed by atoms with E-state index in [1.807, 2.05) is 0 Å². The quantitative estimate of drug-likeness (QED) is 0.264. The SMILES string of the molecule is CCOC(=O)CC(NC(=O)c1ccc(C(=O)N2CCCC2)c(C(F)(F)F)c1)c1cccc(C(=N)N)c1.Cl. The number of rotatable bonds is 8. The molecule has 0 saturated carbocycles. The lowest BCUT2D eigenvalue weighted by Crippen LogP contribution is -2.32. The fourth-order valence-corrected chi connectivity index (χ4v) is 4.00. The summed E-state index contributed by atoms with van der Waals surface area (Å²) < 4.78 is 46.5. The van der Waals surface area contributed by atoms with Gasteiger partial charge in [0.15, 0.2) is 0 Å². The summed E-state index contributed by atoms with van der Waals surface area (Å²) >= 11 is 0. The third-order valence-electron chi connectivity index (χ3n) is 5.79. The van der Waals surface area contributed by atoms with E-state index >= 15 is 0 Å². The van der Waals surface area contributed by atoms with E-state index in [1.54, 1.807) is 25.1 Å². The fourth-order valence-electron chi connectivity index (χ4n) is 4.00. The largest absolute Gasteiger partial charge is 0.466 e. The number of halogens is 4. The van der Waals surface area contributed by atoms with Gasteiger partial charge in [0.25, 0.3) is 11.8 Å². The Morgan fingerprint density at radius 3 is 2.38 bits per heavy atom. The minimum absolute atomic E-state index is 0. The number of nitrogens with one attached hydrogen (secondary N) is 2. The summed E-state index contributed by atoms with van der Waals surface area (Å²) in [5, 5.41) is 10.2. The van der Waals surface area contributed by atoms with E-state index < -0.39 is 41.1 Å². The third-order valence-corrected chi connectivity index (χ3v) is 5.79. The first kappa shape index (κ1) is 29.6. The highest BCUT2D eigenvalue weighted by Crippen LogP contribution is 2.34. The normalized spacial score (nSPS) is 13.9. The number of nitrogens with zero attached hydrogens (tertiary/aromatic N) is 1. The maximum atomic E-state index is 13.8. The van der Waals surface area contributed by atoms with Gasteiger partial charge in [-0.05, 0) is 49.6 Å². The molecule has 1 fully saturated rings. The molecule has 12 heteroatoms. The van der Waals surface area contributed by atoms with Crippen LogP contribution >= 0.6 is 12.4 Å². The van der Waals surface area contributed by atoms with Gasteiger partial charge < -0.3 is 20.7 Å². The Hall–Kier alpha value is -3.60. The zero-order valence-electron chi connectivity index (χ0n) is 20.1. The van der Waals surface area contributed by atoms with Gasteiger partial charge in [0.05, 0.1) is 30.2 Å². The molecule has 0 radical (unpaired) electrons. The van der Waals surface area contributed by atoms with Crippen LogP contribution in [-0.4, -0.2) is 48.2 Å². The van der Waals surface area contributed by atoms with Gasteiger partial charge in [0.1, 0.15) is 5.84 Å². The second-order valence-electron chi connectivity index (χ2n) is 8.33. The van der Waals surface area contributed by atoms with Crippen molar-refractivity contribution in [1.82, 2.24) is 10.2 Å². The monoisotopic (exact) mass is 540 g/mol. The van der Waals surface area contributed by atoms with E-state index in [9.17, 15) is 27.6 Å². The highest BCUT2D eigenvalue weighted by molar-refractivity contribution is 6.00. The van der Waals surface area contributed by atoms with Crippen molar-refractivity contribution in [2.75, 3.05) is 19.7 Å². The molecule has 2 aromatic rings. The average Bonchev–Trinajstić information content (AvgIpc) is 3.37. The standard InChI is InChI=1S/C25H27F3N4O4.ClH/c1-2-36-21(33)14-20(15-6-5-7-16(12-15)22(29)30)31-23(34)17-8-9-18(19(13-17)25(26,27)28)24(35)32-10-3-4-11-32;/h5-9,12-13,20H,2-4,10-11,14H2,1H3,(H3,29,30)(H,31,34);1H. The van der Waals surface area contributed by atoms with Crippen molar-refractivity contribution in [2.45, 2.75) is 38.4 Å². The molecule has 2 amide bonds. The summed E-state index contributed by atoms with van der Waals surface area (Å²) in [6, 6.07) is 8.09. The fraction of sp³-hybridized carbons (Fsp3) is 0.360. The van der Waals surface area contributed by atoms with Gasteiger partial charge in [0, 0.05) is 24.2 Å². The summed E-state index contributed by atoms with van der Waals surface area (Å²) in [7, 11) is 0. The van der Waals surface area contributed by atoms with Crippen molar-refractivity contribution < 1.29 is 32.3 Å². The number of carbonyl (C=O) groups is 3. The summed E-state index contributed by atoms with van der Waals surface area (Å²) in [5.74, 6) is -2.46. The van der Waals surface area contributed by atoms with Crippen LogP contribution < -0.4 is 11.1 Å². The molecule has 1 heterocycles. The van der Waals surface area contributed by atoms with E-state index in [0.29, 0.717) is 30.3 Å². The summed E-state index contributed by atoms with van der Waals surface area (Å²) in [4.78, 5) is 39.2. The van der Waals surface area contributed by atoms with Crippen molar-refractivity contribution in [1.29, 1.82) is 5.41 Å².